The lowest BCUT2D eigenvalue weighted by Gasteiger charge is -2.32. The SMILES string of the molecule is Cc1nc(NC(=O)N2CCOC(c3ccnc(N(C)C)n3)C2)oc1C. The first-order valence-electron chi connectivity index (χ1n) is 8.06. The first-order chi connectivity index (χ1) is 11.9. The average molecular weight is 346 g/mol. The zero-order valence-electron chi connectivity index (χ0n) is 14.8. The topological polar surface area (TPSA) is 96.6 Å². The molecule has 25 heavy (non-hydrogen) atoms. The number of aromatic nitrogens is 3. The van der Waals surface area contributed by atoms with Gasteiger partial charge in [0, 0.05) is 26.8 Å². The average Bonchev–Trinajstić information content (AvgIpc) is 2.92. The highest BCUT2D eigenvalue weighted by molar-refractivity contribution is 5.87. The summed E-state index contributed by atoms with van der Waals surface area (Å²) in [5, 5.41) is 2.69. The maximum Gasteiger partial charge on any atom is 0.325 e. The smallest absolute Gasteiger partial charge is 0.325 e. The summed E-state index contributed by atoms with van der Waals surface area (Å²) in [6.07, 6.45) is 1.40. The predicted octanol–water partition coefficient (Wildman–Crippen LogP) is 1.75. The molecule has 1 unspecified atom stereocenters. The van der Waals surface area contributed by atoms with Crippen LogP contribution in [0.1, 0.15) is 23.3 Å². The molecule has 0 spiro atoms. The Hall–Kier alpha value is -2.68. The maximum absolute atomic E-state index is 12.5. The van der Waals surface area contributed by atoms with Crippen LogP contribution in [0.25, 0.3) is 0 Å². The second-order valence-electron chi connectivity index (χ2n) is 6.07. The number of nitrogens with zero attached hydrogens (tertiary/aromatic N) is 5. The molecule has 0 bridgehead atoms. The number of rotatable bonds is 3. The maximum atomic E-state index is 12.5. The number of morpholine rings is 1. The summed E-state index contributed by atoms with van der Waals surface area (Å²) in [4.78, 5) is 28.8. The monoisotopic (exact) mass is 346 g/mol. The van der Waals surface area contributed by atoms with Crippen molar-refractivity contribution in [3.8, 4) is 0 Å². The van der Waals surface area contributed by atoms with E-state index < -0.39 is 0 Å². The van der Waals surface area contributed by atoms with Gasteiger partial charge in [-0.15, -0.1) is 0 Å². The fraction of sp³-hybridized carbons (Fsp3) is 0.500. The van der Waals surface area contributed by atoms with Gasteiger partial charge in [-0.05, 0) is 19.9 Å². The van der Waals surface area contributed by atoms with Crippen LogP contribution in [0.15, 0.2) is 16.7 Å². The summed E-state index contributed by atoms with van der Waals surface area (Å²) in [7, 11) is 3.75. The molecule has 1 aliphatic heterocycles. The highest BCUT2D eigenvalue weighted by Gasteiger charge is 2.27. The van der Waals surface area contributed by atoms with Gasteiger partial charge in [0.25, 0.3) is 0 Å². The van der Waals surface area contributed by atoms with E-state index in [1.807, 2.05) is 25.9 Å². The molecule has 3 heterocycles. The number of hydrogen-bond donors (Lipinski definition) is 1. The van der Waals surface area contributed by atoms with Crippen LogP contribution < -0.4 is 10.2 Å². The predicted molar refractivity (Wildman–Crippen MR) is 91.6 cm³/mol. The van der Waals surface area contributed by atoms with Gasteiger partial charge in [-0.1, -0.05) is 0 Å². The summed E-state index contributed by atoms with van der Waals surface area (Å²) < 4.78 is 11.2. The summed E-state index contributed by atoms with van der Waals surface area (Å²) >= 11 is 0. The minimum atomic E-state index is -0.297. The zero-order valence-corrected chi connectivity index (χ0v) is 14.8. The number of ether oxygens (including phenoxy) is 1. The van der Waals surface area contributed by atoms with Crippen molar-refractivity contribution in [3.63, 3.8) is 0 Å². The Morgan fingerprint density at radius 3 is 2.84 bits per heavy atom. The normalized spacial score (nSPS) is 17.4. The van der Waals surface area contributed by atoms with Gasteiger partial charge in [-0.3, -0.25) is 5.32 Å². The van der Waals surface area contributed by atoms with Crippen molar-refractivity contribution < 1.29 is 13.9 Å². The lowest BCUT2D eigenvalue weighted by molar-refractivity contribution is -0.0158. The Bertz CT molecular complexity index is 741. The van der Waals surface area contributed by atoms with E-state index >= 15 is 0 Å². The molecule has 134 valence electrons. The van der Waals surface area contributed by atoms with Crippen molar-refractivity contribution in [2.45, 2.75) is 20.0 Å². The van der Waals surface area contributed by atoms with E-state index in [1.165, 1.54) is 0 Å². The molecule has 1 fully saturated rings. The van der Waals surface area contributed by atoms with Crippen LogP contribution in [0.4, 0.5) is 16.8 Å². The molecule has 1 N–H and O–H groups in total. The van der Waals surface area contributed by atoms with Gasteiger partial charge in [0.15, 0.2) is 0 Å². The van der Waals surface area contributed by atoms with Crippen molar-refractivity contribution in [2.24, 2.45) is 0 Å². The van der Waals surface area contributed by atoms with E-state index in [0.717, 1.165) is 11.4 Å². The largest absolute Gasteiger partial charge is 0.428 e. The molecule has 1 atom stereocenters. The third-order valence-electron chi connectivity index (χ3n) is 3.99. The van der Waals surface area contributed by atoms with Crippen molar-refractivity contribution in [2.75, 3.05) is 44.0 Å². The van der Waals surface area contributed by atoms with Gasteiger partial charge in [0.2, 0.25) is 5.95 Å². The van der Waals surface area contributed by atoms with Gasteiger partial charge < -0.3 is 19.0 Å². The third-order valence-corrected chi connectivity index (χ3v) is 3.99. The molecule has 2 amide bonds. The number of carbonyl (C=O) groups is 1. The van der Waals surface area contributed by atoms with Crippen LogP contribution in [-0.2, 0) is 4.74 Å². The number of oxazole rings is 1. The molecule has 2 aromatic rings. The second-order valence-corrected chi connectivity index (χ2v) is 6.07. The number of carbonyl (C=O) groups excluding carboxylic acids is 1. The van der Waals surface area contributed by atoms with Crippen molar-refractivity contribution >= 4 is 18.0 Å². The third kappa shape index (κ3) is 3.87. The van der Waals surface area contributed by atoms with Gasteiger partial charge >= 0.3 is 12.0 Å². The van der Waals surface area contributed by atoms with Crippen molar-refractivity contribution in [1.29, 1.82) is 0 Å². The fourth-order valence-electron chi connectivity index (χ4n) is 2.47. The van der Waals surface area contributed by atoms with Gasteiger partial charge in [0.05, 0.1) is 24.5 Å². The van der Waals surface area contributed by atoms with Crippen LogP contribution in [-0.4, -0.2) is 59.7 Å². The first kappa shape index (κ1) is 17.2. The van der Waals surface area contributed by atoms with Gasteiger partial charge in [0.1, 0.15) is 11.9 Å². The Morgan fingerprint density at radius 1 is 1.36 bits per heavy atom. The molecule has 1 aliphatic rings. The number of amides is 2. The van der Waals surface area contributed by atoms with Crippen LogP contribution in [0.2, 0.25) is 0 Å². The van der Waals surface area contributed by atoms with Crippen LogP contribution >= 0.6 is 0 Å². The van der Waals surface area contributed by atoms with Crippen LogP contribution in [0.3, 0.4) is 0 Å². The van der Waals surface area contributed by atoms with E-state index in [0.29, 0.717) is 31.4 Å². The Labute approximate surface area is 146 Å². The molecule has 9 nitrogen and oxygen atoms in total. The van der Waals surface area contributed by atoms with E-state index in [9.17, 15) is 4.79 Å². The molecule has 0 radical (unpaired) electrons. The molecule has 3 rings (SSSR count). The Morgan fingerprint density at radius 2 is 2.16 bits per heavy atom. The standard InChI is InChI=1S/C16H22N6O3/c1-10-11(2)25-15(18-10)20-16(23)22-7-8-24-13(9-22)12-5-6-17-14(19-12)21(3)4/h5-6,13H,7-9H2,1-4H3,(H,18,20,23). The fourth-order valence-corrected chi connectivity index (χ4v) is 2.47. The highest BCUT2D eigenvalue weighted by Crippen LogP contribution is 2.22. The van der Waals surface area contributed by atoms with E-state index in [1.54, 1.807) is 24.1 Å². The Balaban J connectivity index is 1.68. The summed E-state index contributed by atoms with van der Waals surface area (Å²) in [5.74, 6) is 1.29. The molecule has 2 aromatic heterocycles. The lowest BCUT2D eigenvalue weighted by atomic mass is 10.2. The summed E-state index contributed by atoms with van der Waals surface area (Å²) in [5.41, 5.74) is 1.51. The van der Waals surface area contributed by atoms with E-state index in [-0.39, 0.29) is 18.1 Å². The first-order valence-corrected chi connectivity index (χ1v) is 8.06. The zero-order chi connectivity index (χ0) is 18.0. The van der Waals surface area contributed by atoms with Gasteiger partial charge in [-0.2, -0.15) is 4.98 Å². The number of anilines is 2. The second kappa shape index (κ2) is 7.06. The molecular weight excluding hydrogens is 324 g/mol. The molecule has 1 saturated heterocycles. The molecule has 0 aliphatic carbocycles. The quantitative estimate of drug-likeness (QED) is 0.904. The summed E-state index contributed by atoms with van der Waals surface area (Å²) in [6.45, 7) is 4.96. The minimum Gasteiger partial charge on any atom is -0.428 e. The van der Waals surface area contributed by atoms with Crippen LogP contribution in [0.5, 0.6) is 0 Å². The number of aryl methyl sites for hydroxylation is 2. The molecule has 0 saturated carbocycles. The number of hydrogen-bond acceptors (Lipinski definition) is 7. The highest BCUT2D eigenvalue weighted by atomic mass is 16.5. The summed E-state index contributed by atoms with van der Waals surface area (Å²) in [6, 6.07) is 1.75. The van der Waals surface area contributed by atoms with E-state index in [2.05, 4.69) is 20.3 Å². The lowest BCUT2D eigenvalue weighted by Crippen LogP contribution is -2.44. The van der Waals surface area contributed by atoms with Crippen LogP contribution in [0, 0.1) is 13.8 Å². The molecule has 0 aromatic carbocycles. The molecular formula is C16H22N6O3. The van der Waals surface area contributed by atoms with E-state index in [4.69, 9.17) is 9.15 Å². The van der Waals surface area contributed by atoms with Crippen molar-refractivity contribution in [1.82, 2.24) is 19.9 Å². The molecule has 9 heteroatoms. The van der Waals surface area contributed by atoms with Crippen molar-refractivity contribution in [3.05, 3.63) is 29.4 Å². The van der Waals surface area contributed by atoms with Gasteiger partial charge in [-0.25, -0.2) is 14.8 Å². The minimum absolute atomic E-state index is 0.208. The number of nitrogens with one attached hydrogen (secondary N) is 1. The Kier molecular flexibility index (Phi) is 4.84. The number of urea groups is 1.